The fourth-order valence-corrected chi connectivity index (χ4v) is 2.78. The van der Waals surface area contributed by atoms with E-state index in [9.17, 15) is 0 Å². The molecule has 0 amide bonds. The lowest BCUT2D eigenvalue weighted by Gasteiger charge is -2.12. The molecule has 0 saturated carbocycles. The molecule has 3 aromatic rings. The van der Waals surface area contributed by atoms with Crippen LogP contribution in [0.25, 0.3) is 0 Å². The summed E-state index contributed by atoms with van der Waals surface area (Å²) in [6.07, 6.45) is 4.67. The van der Waals surface area contributed by atoms with Gasteiger partial charge in [-0.15, -0.1) is 24.0 Å². The van der Waals surface area contributed by atoms with Crippen molar-refractivity contribution in [2.24, 2.45) is 4.99 Å². The van der Waals surface area contributed by atoms with Crippen LogP contribution in [0.3, 0.4) is 0 Å². The summed E-state index contributed by atoms with van der Waals surface area (Å²) in [4.78, 5) is 13.1. The van der Waals surface area contributed by atoms with Crippen molar-refractivity contribution in [2.75, 3.05) is 13.6 Å². The van der Waals surface area contributed by atoms with Crippen LogP contribution < -0.4 is 10.6 Å². The highest BCUT2D eigenvalue weighted by Crippen LogP contribution is 2.08. The molecule has 0 spiro atoms. The third kappa shape index (κ3) is 6.08. The molecule has 0 aliphatic carbocycles. The van der Waals surface area contributed by atoms with Crippen LogP contribution in [0.2, 0.25) is 0 Å². The minimum absolute atomic E-state index is 0. The van der Waals surface area contributed by atoms with Gasteiger partial charge in [0.25, 0.3) is 0 Å². The maximum Gasteiger partial charge on any atom is 0.214 e. The van der Waals surface area contributed by atoms with Gasteiger partial charge in [-0.1, -0.05) is 30.3 Å². The average molecular weight is 494 g/mol. The number of guanidine groups is 1. The number of nitrogens with zero attached hydrogens (tertiary/aromatic N) is 4. The maximum atomic E-state index is 5.58. The first-order valence-electron chi connectivity index (χ1n) is 9.07. The SMILES string of the molecule is CN=C(NCCc1nccn1Cc1ccccc1)NCc1nc(C)c(C)o1.I. The van der Waals surface area contributed by atoms with Crippen LogP contribution in [0.15, 0.2) is 52.1 Å². The molecule has 0 bridgehead atoms. The minimum Gasteiger partial charge on any atom is -0.444 e. The lowest BCUT2D eigenvalue weighted by atomic mass is 10.2. The van der Waals surface area contributed by atoms with Gasteiger partial charge in [-0.05, 0) is 19.4 Å². The quantitative estimate of drug-likeness (QED) is 0.300. The second-order valence-electron chi connectivity index (χ2n) is 6.31. The molecule has 0 unspecified atom stereocenters. The second-order valence-corrected chi connectivity index (χ2v) is 6.31. The van der Waals surface area contributed by atoms with Crippen molar-refractivity contribution in [2.45, 2.75) is 33.4 Å². The van der Waals surface area contributed by atoms with Gasteiger partial charge in [0.05, 0.1) is 12.2 Å². The van der Waals surface area contributed by atoms with Crippen LogP contribution in [-0.4, -0.2) is 34.1 Å². The monoisotopic (exact) mass is 494 g/mol. The van der Waals surface area contributed by atoms with Gasteiger partial charge in [-0.3, -0.25) is 4.99 Å². The van der Waals surface area contributed by atoms with Crippen molar-refractivity contribution in [3.05, 3.63) is 71.5 Å². The van der Waals surface area contributed by atoms with Crippen molar-refractivity contribution in [3.8, 4) is 0 Å². The van der Waals surface area contributed by atoms with Crippen LogP contribution in [0.1, 0.15) is 28.7 Å². The Morgan fingerprint density at radius 3 is 2.64 bits per heavy atom. The van der Waals surface area contributed by atoms with E-state index in [-0.39, 0.29) is 24.0 Å². The van der Waals surface area contributed by atoms with E-state index in [0.717, 1.165) is 36.8 Å². The van der Waals surface area contributed by atoms with Crippen LogP contribution in [0.4, 0.5) is 0 Å². The summed E-state index contributed by atoms with van der Waals surface area (Å²) in [7, 11) is 1.75. The molecule has 0 aliphatic heterocycles. The molecule has 0 aliphatic rings. The lowest BCUT2D eigenvalue weighted by Crippen LogP contribution is -2.38. The Bertz CT molecular complexity index is 868. The summed E-state index contributed by atoms with van der Waals surface area (Å²) in [5.74, 6) is 3.26. The number of aliphatic imine (C=N–C) groups is 1. The van der Waals surface area contributed by atoms with Crippen molar-refractivity contribution in [1.29, 1.82) is 0 Å². The molecular weight excluding hydrogens is 467 g/mol. The fraction of sp³-hybridized carbons (Fsp3) is 0.350. The number of aromatic nitrogens is 3. The molecule has 0 saturated heterocycles. The Morgan fingerprint density at radius 2 is 1.96 bits per heavy atom. The number of hydrogen-bond donors (Lipinski definition) is 2. The minimum atomic E-state index is 0. The molecule has 2 heterocycles. The number of hydrogen-bond acceptors (Lipinski definition) is 4. The first-order valence-corrected chi connectivity index (χ1v) is 9.07. The van der Waals surface area contributed by atoms with Crippen LogP contribution in [0.5, 0.6) is 0 Å². The predicted molar refractivity (Wildman–Crippen MR) is 121 cm³/mol. The van der Waals surface area contributed by atoms with Gasteiger partial charge in [0.15, 0.2) is 5.96 Å². The van der Waals surface area contributed by atoms with Crippen LogP contribution in [-0.2, 0) is 19.5 Å². The molecule has 0 atom stereocenters. The van der Waals surface area contributed by atoms with Gasteiger partial charge in [0.1, 0.15) is 11.6 Å². The normalized spacial score (nSPS) is 11.2. The number of oxazole rings is 1. The molecular formula is C20H27IN6O. The van der Waals surface area contributed by atoms with E-state index in [0.29, 0.717) is 18.4 Å². The van der Waals surface area contributed by atoms with Gasteiger partial charge in [-0.25, -0.2) is 9.97 Å². The Kier molecular flexibility index (Phi) is 8.49. The Hall–Kier alpha value is -2.36. The van der Waals surface area contributed by atoms with Crippen molar-refractivity contribution in [1.82, 2.24) is 25.2 Å². The molecule has 28 heavy (non-hydrogen) atoms. The van der Waals surface area contributed by atoms with Crippen LogP contribution in [0, 0.1) is 13.8 Å². The standard InChI is InChI=1S/C20H26N6O.HI/c1-15-16(2)27-19(25-15)13-24-20(21-3)23-10-9-18-22-11-12-26(18)14-17-7-5-4-6-8-17;/h4-8,11-12H,9-10,13-14H2,1-3H3,(H2,21,23,24);1H. The second kappa shape index (κ2) is 10.8. The summed E-state index contributed by atoms with van der Waals surface area (Å²) in [6.45, 7) is 5.90. The zero-order chi connectivity index (χ0) is 19.1. The van der Waals surface area contributed by atoms with Gasteiger partial charge in [0, 0.05) is 39.0 Å². The van der Waals surface area contributed by atoms with Crippen molar-refractivity contribution < 1.29 is 4.42 Å². The molecule has 7 nitrogen and oxygen atoms in total. The average Bonchev–Trinajstić information content (AvgIpc) is 3.25. The summed E-state index contributed by atoms with van der Waals surface area (Å²) >= 11 is 0. The largest absolute Gasteiger partial charge is 0.444 e. The first kappa shape index (κ1) is 21.9. The summed E-state index contributed by atoms with van der Waals surface area (Å²) in [5, 5.41) is 6.52. The number of nitrogens with one attached hydrogen (secondary N) is 2. The lowest BCUT2D eigenvalue weighted by molar-refractivity contribution is 0.463. The molecule has 3 rings (SSSR count). The topological polar surface area (TPSA) is 80.3 Å². The Morgan fingerprint density at radius 1 is 1.18 bits per heavy atom. The highest BCUT2D eigenvalue weighted by Gasteiger charge is 2.07. The summed E-state index contributed by atoms with van der Waals surface area (Å²) in [6, 6.07) is 10.4. The molecule has 2 aromatic heterocycles. The molecule has 0 fully saturated rings. The zero-order valence-corrected chi connectivity index (χ0v) is 18.8. The number of rotatable bonds is 7. The van der Waals surface area contributed by atoms with E-state index >= 15 is 0 Å². The van der Waals surface area contributed by atoms with E-state index < -0.39 is 0 Å². The van der Waals surface area contributed by atoms with Crippen LogP contribution >= 0.6 is 24.0 Å². The molecule has 0 radical (unpaired) electrons. The van der Waals surface area contributed by atoms with Gasteiger partial charge in [-0.2, -0.15) is 0 Å². The first-order chi connectivity index (χ1) is 13.2. The molecule has 150 valence electrons. The third-order valence-electron chi connectivity index (χ3n) is 4.34. The Labute approximate surface area is 182 Å². The number of imidazole rings is 1. The summed E-state index contributed by atoms with van der Waals surface area (Å²) in [5.41, 5.74) is 2.18. The van der Waals surface area contributed by atoms with Gasteiger partial charge in [0.2, 0.25) is 5.89 Å². The number of aryl methyl sites for hydroxylation is 2. The molecule has 2 N–H and O–H groups in total. The Balaban J connectivity index is 0.00000280. The van der Waals surface area contributed by atoms with E-state index in [1.807, 2.05) is 32.3 Å². The van der Waals surface area contributed by atoms with E-state index in [4.69, 9.17) is 4.42 Å². The zero-order valence-electron chi connectivity index (χ0n) is 16.5. The van der Waals surface area contributed by atoms with E-state index in [1.165, 1.54) is 5.56 Å². The van der Waals surface area contributed by atoms with Gasteiger partial charge >= 0.3 is 0 Å². The highest BCUT2D eigenvalue weighted by molar-refractivity contribution is 14.0. The summed E-state index contributed by atoms with van der Waals surface area (Å²) < 4.78 is 7.75. The maximum absolute atomic E-state index is 5.58. The smallest absolute Gasteiger partial charge is 0.214 e. The number of benzene rings is 1. The van der Waals surface area contributed by atoms with Crippen molar-refractivity contribution >= 4 is 29.9 Å². The van der Waals surface area contributed by atoms with E-state index in [2.05, 4.69) is 54.4 Å². The van der Waals surface area contributed by atoms with E-state index in [1.54, 1.807) is 7.05 Å². The number of halogens is 1. The third-order valence-corrected chi connectivity index (χ3v) is 4.34. The predicted octanol–water partition coefficient (Wildman–Crippen LogP) is 3.06. The van der Waals surface area contributed by atoms with Gasteiger partial charge < -0.3 is 19.6 Å². The molecule has 8 heteroatoms. The fourth-order valence-electron chi connectivity index (χ4n) is 2.78. The molecule has 1 aromatic carbocycles. The van der Waals surface area contributed by atoms with Crippen molar-refractivity contribution in [3.63, 3.8) is 0 Å². The highest BCUT2D eigenvalue weighted by atomic mass is 127.